The molecule has 130 valence electrons. The fourth-order valence-corrected chi connectivity index (χ4v) is 3.53. The Morgan fingerprint density at radius 3 is 2.88 bits per heavy atom. The SMILES string of the molecule is O=C(c1ccccn1)N1CCO[C@H]2[C@H](Oc3ncccc3F)CC[C@@H]21. The predicted octanol–water partition coefficient (Wildman–Crippen LogP) is 2.07. The number of nitrogens with zero attached hydrogens (tertiary/aromatic N) is 3. The van der Waals surface area contributed by atoms with Crippen molar-refractivity contribution in [2.45, 2.75) is 31.1 Å². The largest absolute Gasteiger partial charge is 0.469 e. The van der Waals surface area contributed by atoms with Gasteiger partial charge in [-0.05, 0) is 37.1 Å². The Labute approximate surface area is 144 Å². The van der Waals surface area contributed by atoms with Gasteiger partial charge in [0, 0.05) is 18.9 Å². The summed E-state index contributed by atoms with van der Waals surface area (Å²) in [5, 5.41) is 0. The van der Waals surface area contributed by atoms with E-state index in [-0.39, 0.29) is 30.0 Å². The first-order valence-corrected chi connectivity index (χ1v) is 8.35. The van der Waals surface area contributed by atoms with Crippen molar-refractivity contribution in [3.8, 4) is 5.88 Å². The van der Waals surface area contributed by atoms with Crippen molar-refractivity contribution in [2.75, 3.05) is 13.2 Å². The van der Waals surface area contributed by atoms with Gasteiger partial charge in [0.15, 0.2) is 5.82 Å². The zero-order valence-corrected chi connectivity index (χ0v) is 13.5. The molecule has 7 heteroatoms. The molecule has 1 aliphatic heterocycles. The monoisotopic (exact) mass is 343 g/mol. The molecular weight excluding hydrogens is 325 g/mol. The van der Waals surface area contributed by atoms with E-state index in [9.17, 15) is 9.18 Å². The van der Waals surface area contributed by atoms with Crippen molar-refractivity contribution in [3.63, 3.8) is 0 Å². The first-order chi connectivity index (χ1) is 12.2. The van der Waals surface area contributed by atoms with Crippen LogP contribution in [-0.4, -0.2) is 52.2 Å². The van der Waals surface area contributed by atoms with E-state index in [4.69, 9.17) is 9.47 Å². The molecule has 0 N–H and O–H groups in total. The minimum Gasteiger partial charge on any atom is -0.469 e. The van der Waals surface area contributed by atoms with Crippen molar-refractivity contribution >= 4 is 5.91 Å². The van der Waals surface area contributed by atoms with Crippen LogP contribution in [0.5, 0.6) is 5.88 Å². The molecule has 0 unspecified atom stereocenters. The molecule has 3 atom stereocenters. The lowest BCUT2D eigenvalue weighted by Gasteiger charge is -2.38. The fraction of sp³-hybridized carbons (Fsp3) is 0.389. The normalized spacial score (nSPS) is 25.5. The molecule has 1 saturated heterocycles. The maximum Gasteiger partial charge on any atom is 0.272 e. The molecule has 1 amide bonds. The number of carbonyl (C=O) groups is 1. The Morgan fingerprint density at radius 1 is 1.20 bits per heavy atom. The van der Waals surface area contributed by atoms with E-state index in [1.54, 1.807) is 29.3 Å². The summed E-state index contributed by atoms with van der Waals surface area (Å²) in [7, 11) is 0. The molecule has 2 fully saturated rings. The highest BCUT2D eigenvalue weighted by atomic mass is 19.1. The van der Waals surface area contributed by atoms with Gasteiger partial charge in [-0.25, -0.2) is 9.37 Å². The standard InChI is InChI=1S/C18H18FN3O3/c19-12-4-3-9-21-17(12)25-15-7-6-14-16(15)24-11-10-22(14)18(23)13-5-1-2-8-20-13/h1-5,8-9,14-16H,6-7,10-11H2/t14-,15+,16+/m0/s1. The lowest BCUT2D eigenvalue weighted by Crippen LogP contribution is -2.54. The third kappa shape index (κ3) is 3.07. The summed E-state index contributed by atoms with van der Waals surface area (Å²) < 4.78 is 25.4. The second kappa shape index (κ2) is 6.76. The van der Waals surface area contributed by atoms with E-state index >= 15 is 0 Å². The van der Waals surface area contributed by atoms with E-state index in [0.717, 1.165) is 6.42 Å². The van der Waals surface area contributed by atoms with Gasteiger partial charge in [0.2, 0.25) is 0 Å². The molecule has 0 aromatic carbocycles. The average Bonchev–Trinajstić information content (AvgIpc) is 3.07. The van der Waals surface area contributed by atoms with Crippen molar-refractivity contribution < 1.29 is 18.7 Å². The van der Waals surface area contributed by atoms with Gasteiger partial charge >= 0.3 is 0 Å². The summed E-state index contributed by atoms with van der Waals surface area (Å²) in [6, 6.07) is 8.01. The van der Waals surface area contributed by atoms with Gasteiger partial charge in [0.05, 0.1) is 12.6 Å². The van der Waals surface area contributed by atoms with Gasteiger partial charge in [-0.2, -0.15) is 0 Å². The van der Waals surface area contributed by atoms with Crippen LogP contribution in [0, 0.1) is 5.82 Å². The van der Waals surface area contributed by atoms with Crippen molar-refractivity contribution in [2.24, 2.45) is 0 Å². The molecular formula is C18H18FN3O3. The molecule has 1 saturated carbocycles. The lowest BCUT2D eigenvalue weighted by atomic mass is 10.1. The Balaban J connectivity index is 1.51. The first-order valence-electron chi connectivity index (χ1n) is 8.35. The van der Waals surface area contributed by atoms with Crippen LogP contribution in [0.1, 0.15) is 23.3 Å². The number of fused-ring (bicyclic) bond motifs is 1. The number of morpholine rings is 1. The highest BCUT2D eigenvalue weighted by Crippen LogP contribution is 2.33. The van der Waals surface area contributed by atoms with E-state index in [1.165, 1.54) is 18.3 Å². The van der Waals surface area contributed by atoms with Crippen LogP contribution < -0.4 is 4.74 Å². The van der Waals surface area contributed by atoms with Crippen LogP contribution in [0.2, 0.25) is 0 Å². The fourth-order valence-electron chi connectivity index (χ4n) is 3.53. The van der Waals surface area contributed by atoms with Crippen LogP contribution in [0.25, 0.3) is 0 Å². The van der Waals surface area contributed by atoms with E-state index < -0.39 is 5.82 Å². The number of aromatic nitrogens is 2. The molecule has 1 aliphatic carbocycles. The van der Waals surface area contributed by atoms with Gasteiger partial charge in [0.1, 0.15) is 17.9 Å². The quantitative estimate of drug-likeness (QED) is 0.854. The zero-order valence-electron chi connectivity index (χ0n) is 13.5. The number of pyridine rings is 2. The molecule has 3 heterocycles. The summed E-state index contributed by atoms with van der Waals surface area (Å²) in [5.41, 5.74) is 0.420. The maximum atomic E-state index is 13.8. The number of hydrogen-bond donors (Lipinski definition) is 0. The molecule has 2 aliphatic rings. The van der Waals surface area contributed by atoms with E-state index in [0.29, 0.717) is 25.3 Å². The summed E-state index contributed by atoms with van der Waals surface area (Å²) in [6.07, 6.45) is 3.90. The minimum atomic E-state index is -0.497. The van der Waals surface area contributed by atoms with Crippen LogP contribution in [0.15, 0.2) is 42.7 Å². The highest BCUT2D eigenvalue weighted by molar-refractivity contribution is 5.92. The van der Waals surface area contributed by atoms with Gasteiger partial charge < -0.3 is 14.4 Å². The average molecular weight is 343 g/mol. The zero-order chi connectivity index (χ0) is 17.2. The van der Waals surface area contributed by atoms with Crippen molar-refractivity contribution in [1.29, 1.82) is 0 Å². The predicted molar refractivity (Wildman–Crippen MR) is 86.6 cm³/mol. The third-order valence-electron chi connectivity index (χ3n) is 4.67. The van der Waals surface area contributed by atoms with E-state index in [2.05, 4.69) is 9.97 Å². The second-order valence-electron chi connectivity index (χ2n) is 6.14. The maximum absolute atomic E-state index is 13.8. The van der Waals surface area contributed by atoms with Crippen LogP contribution in [0.3, 0.4) is 0 Å². The van der Waals surface area contributed by atoms with Gasteiger partial charge in [-0.1, -0.05) is 6.07 Å². The molecule has 4 rings (SSSR count). The summed E-state index contributed by atoms with van der Waals surface area (Å²) in [4.78, 5) is 22.6. The smallest absolute Gasteiger partial charge is 0.272 e. The van der Waals surface area contributed by atoms with Crippen molar-refractivity contribution in [3.05, 3.63) is 54.2 Å². The van der Waals surface area contributed by atoms with Crippen LogP contribution in [-0.2, 0) is 4.74 Å². The molecule has 25 heavy (non-hydrogen) atoms. The Morgan fingerprint density at radius 2 is 2.08 bits per heavy atom. The Kier molecular flexibility index (Phi) is 4.31. The Hall–Kier alpha value is -2.54. The van der Waals surface area contributed by atoms with Gasteiger partial charge in [-0.3, -0.25) is 9.78 Å². The van der Waals surface area contributed by atoms with Crippen molar-refractivity contribution in [1.82, 2.24) is 14.9 Å². The molecule has 2 aromatic heterocycles. The molecule has 0 bridgehead atoms. The molecule has 0 spiro atoms. The topological polar surface area (TPSA) is 64.6 Å². The number of amides is 1. The van der Waals surface area contributed by atoms with Gasteiger partial charge in [0.25, 0.3) is 11.8 Å². The Bertz CT molecular complexity index is 758. The van der Waals surface area contributed by atoms with Gasteiger partial charge in [-0.15, -0.1) is 0 Å². The highest BCUT2D eigenvalue weighted by Gasteiger charge is 2.46. The summed E-state index contributed by atoms with van der Waals surface area (Å²) >= 11 is 0. The summed E-state index contributed by atoms with van der Waals surface area (Å²) in [5.74, 6) is -0.628. The lowest BCUT2D eigenvalue weighted by molar-refractivity contribution is -0.0800. The van der Waals surface area contributed by atoms with E-state index in [1.807, 2.05) is 0 Å². The molecule has 0 radical (unpaired) electrons. The summed E-state index contributed by atoms with van der Waals surface area (Å²) in [6.45, 7) is 0.936. The second-order valence-corrected chi connectivity index (χ2v) is 6.14. The number of hydrogen-bond acceptors (Lipinski definition) is 5. The number of halogens is 1. The number of ether oxygens (including phenoxy) is 2. The van der Waals surface area contributed by atoms with Crippen LogP contribution >= 0.6 is 0 Å². The van der Waals surface area contributed by atoms with Crippen LogP contribution in [0.4, 0.5) is 4.39 Å². The molecule has 2 aromatic rings. The first kappa shape index (κ1) is 16.0. The third-order valence-corrected chi connectivity index (χ3v) is 4.67. The number of carbonyl (C=O) groups excluding carboxylic acids is 1. The number of rotatable bonds is 3. The minimum absolute atomic E-state index is 0.0232. The molecule has 6 nitrogen and oxygen atoms in total.